The van der Waals surface area contributed by atoms with E-state index in [2.05, 4.69) is 60.5 Å². The van der Waals surface area contributed by atoms with Crippen molar-refractivity contribution in [3.8, 4) is 0 Å². The number of hydrogen-bond acceptors (Lipinski definition) is 3. The van der Waals surface area contributed by atoms with Gasteiger partial charge in [0.2, 0.25) is 0 Å². The first-order valence-corrected chi connectivity index (χ1v) is 9.65. The lowest BCUT2D eigenvalue weighted by molar-refractivity contribution is -0.139. The predicted molar refractivity (Wildman–Crippen MR) is 113 cm³/mol. The molecule has 0 saturated heterocycles. The second-order valence-electron chi connectivity index (χ2n) is 5.95. The molecule has 1 aromatic rings. The SMILES string of the molecule is CC/C=C\C/C=C\C/C=C\C/C=C\CC/C=C/C(=O)OCc1cccnc1. The van der Waals surface area contributed by atoms with E-state index in [0.29, 0.717) is 0 Å². The Hall–Kier alpha value is -2.68. The standard InChI is InChI=1S/C24H31NO2/c1-2-3-4-5-6-7-8-9-10-11-12-13-14-15-16-19-24(26)27-22-23-18-17-20-25-21-23/h3-4,6-7,9-10,12-13,16-21H,2,5,8,11,14-15,22H2,1H3/b4-3-,7-6-,10-9-,13-12-,19-16+. The summed E-state index contributed by atoms with van der Waals surface area (Å²) in [7, 11) is 0. The van der Waals surface area contributed by atoms with Gasteiger partial charge in [-0.15, -0.1) is 0 Å². The fourth-order valence-electron chi connectivity index (χ4n) is 2.16. The van der Waals surface area contributed by atoms with Crippen LogP contribution in [-0.4, -0.2) is 11.0 Å². The number of aromatic nitrogens is 1. The molecule has 0 atom stereocenters. The summed E-state index contributed by atoms with van der Waals surface area (Å²) in [5.41, 5.74) is 0.888. The van der Waals surface area contributed by atoms with E-state index in [1.807, 2.05) is 18.2 Å². The molecule has 0 unspecified atom stereocenters. The van der Waals surface area contributed by atoms with Crippen LogP contribution in [0.25, 0.3) is 0 Å². The Labute approximate surface area is 163 Å². The van der Waals surface area contributed by atoms with E-state index in [1.165, 1.54) is 6.08 Å². The van der Waals surface area contributed by atoms with Gasteiger partial charge >= 0.3 is 5.97 Å². The molecule has 3 nitrogen and oxygen atoms in total. The summed E-state index contributed by atoms with van der Waals surface area (Å²) in [6.45, 7) is 2.40. The van der Waals surface area contributed by atoms with Gasteiger partial charge in [-0.3, -0.25) is 4.98 Å². The predicted octanol–water partition coefficient (Wildman–Crippen LogP) is 6.27. The number of allylic oxidation sites excluding steroid dienone is 9. The summed E-state index contributed by atoms with van der Waals surface area (Å²) < 4.78 is 5.15. The van der Waals surface area contributed by atoms with Gasteiger partial charge in [-0.2, -0.15) is 0 Å². The molecule has 0 aromatic carbocycles. The third-order valence-electron chi connectivity index (χ3n) is 3.58. The van der Waals surface area contributed by atoms with Crippen molar-refractivity contribution < 1.29 is 9.53 Å². The van der Waals surface area contributed by atoms with Crippen LogP contribution in [0.4, 0.5) is 0 Å². The van der Waals surface area contributed by atoms with Gasteiger partial charge in [0.15, 0.2) is 0 Å². The molecule has 1 heterocycles. The highest BCUT2D eigenvalue weighted by Gasteiger charge is 1.97. The summed E-state index contributed by atoms with van der Waals surface area (Å²) in [5, 5.41) is 0. The maximum atomic E-state index is 11.6. The number of rotatable bonds is 13. The Morgan fingerprint density at radius 1 is 0.926 bits per heavy atom. The fraction of sp³-hybridized carbons (Fsp3) is 0.333. The van der Waals surface area contributed by atoms with E-state index in [0.717, 1.165) is 44.1 Å². The van der Waals surface area contributed by atoms with Gasteiger partial charge in [-0.1, -0.05) is 67.7 Å². The fourth-order valence-corrected chi connectivity index (χ4v) is 2.16. The van der Waals surface area contributed by atoms with E-state index >= 15 is 0 Å². The quantitative estimate of drug-likeness (QED) is 0.179. The molecule has 0 N–H and O–H groups in total. The van der Waals surface area contributed by atoms with Crippen molar-refractivity contribution in [2.45, 2.75) is 52.1 Å². The van der Waals surface area contributed by atoms with Crippen molar-refractivity contribution >= 4 is 5.97 Å². The summed E-state index contributed by atoms with van der Waals surface area (Å²) in [6, 6.07) is 3.70. The monoisotopic (exact) mass is 365 g/mol. The second kappa shape index (κ2) is 16.8. The number of carbonyl (C=O) groups is 1. The molecule has 0 bridgehead atoms. The highest BCUT2D eigenvalue weighted by molar-refractivity contribution is 5.81. The van der Waals surface area contributed by atoms with E-state index in [4.69, 9.17) is 4.74 Å². The van der Waals surface area contributed by atoms with Crippen molar-refractivity contribution in [2.24, 2.45) is 0 Å². The van der Waals surface area contributed by atoms with Crippen LogP contribution in [0.2, 0.25) is 0 Å². The smallest absolute Gasteiger partial charge is 0.330 e. The molecule has 1 rings (SSSR count). The molecule has 0 aliphatic heterocycles. The number of ether oxygens (including phenoxy) is 1. The molecule has 0 radical (unpaired) electrons. The highest BCUT2D eigenvalue weighted by atomic mass is 16.5. The largest absolute Gasteiger partial charge is 0.458 e. The zero-order valence-electron chi connectivity index (χ0n) is 16.3. The summed E-state index contributed by atoms with van der Waals surface area (Å²) in [6.07, 6.45) is 29.9. The summed E-state index contributed by atoms with van der Waals surface area (Å²) in [4.78, 5) is 15.6. The van der Waals surface area contributed by atoms with Gasteiger partial charge < -0.3 is 4.74 Å². The lowest BCUT2D eigenvalue weighted by Gasteiger charge is -2.00. The summed E-state index contributed by atoms with van der Waals surface area (Å²) in [5.74, 6) is -0.316. The van der Waals surface area contributed by atoms with Crippen LogP contribution in [0.5, 0.6) is 0 Å². The van der Waals surface area contributed by atoms with Gasteiger partial charge in [0.1, 0.15) is 6.61 Å². The van der Waals surface area contributed by atoms with E-state index < -0.39 is 0 Å². The molecular formula is C24H31NO2. The molecule has 3 heteroatoms. The topological polar surface area (TPSA) is 39.2 Å². The van der Waals surface area contributed by atoms with E-state index in [1.54, 1.807) is 12.4 Å². The molecule has 0 saturated carbocycles. The Bertz CT molecular complexity index is 640. The van der Waals surface area contributed by atoms with Crippen LogP contribution >= 0.6 is 0 Å². The third-order valence-corrected chi connectivity index (χ3v) is 3.58. The normalized spacial score (nSPS) is 12.3. The molecule has 144 valence electrons. The lowest BCUT2D eigenvalue weighted by Crippen LogP contribution is -2.00. The minimum Gasteiger partial charge on any atom is -0.458 e. The molecular weight excluding hydrogens is 334 g/mol. The number of nitrogens with zero attached hydrogens (tertiary/aromatic N) is 1. The molecule has 0 spiro atoms. The molecule has 27 heavy (non-hydrogen) atoms. The average molecular weight is 366 g/mol. The number of hydrogen-bond donors (Lipinski definition) is 0. The molecule has 0 fully saturated rings. The van der Waals surface area contributed by atoms with Crippen molar-refractivity contribution in [3.63, 3.8) is 0 Å². The van der Waals surface area contributed by atoms with E-state index in [-0.39, 0.29) is 12.6 Å². The van der Waals surface area contributed by atoms with Gasteiger partial charge in [-0.25, -0.2) is 4.79 Å². The average Bonchev–Trinajstić information content (AvgIpc) is 2.70. The van der Waals surface area contributed by atoms with Crippen molar-refractivity contribution in [3.05, 3.63) is 90.9 Å². The lowest BCUT2D eigenvalue weighted by atomic mass is 10.2. The molecule has 0 aliphatic carbocycles. The van der Waals surface area contributed by atoms with Crippen LogP contribution in [0, 0.1) is 0 Å². The molecule has 1 aromatic heterocycles. The zero-order valence-corrected chi connectivity index (χ0v) is 16.3. The van der Waals surface area contributed by atoms with Crippen molar-refractivity contribution in [2.75, 3.05) is 0 Å². The number of pyridine rings is 1. The Morgan fingerprint density at radius 3 is 2.19 bits per heavy atom. The van der Waals surface area contributed by atoms with Crippen LogP contribution in [-0.2, 0) is 16.1 Å². The number of esters is 1. The zero-order chi connectivity index (χ0) is 19.4. The van der Waals surface area contributed by atoms with Crippen LogP contribution in [0.3, 0.4) is 0 Å². The first-order chi connectivity index (χ1) is 13.3. The van der Waals surface area contributed by atoms with Gasteiger partial charge in [0.25, 0.3) is 0 Å². The Morgan fingerprint density at radius 2 is 1.56 bits per heavy atom. The van der Waals surface area contributed by atoms with Gasteiger partial charge in [0, 0.05) is 24.0 Å². The van der Waals surface area contributed by atoms with Gasteiger partial charge in [0.05, 0.1) is 0 Å². The maximum Gasteiger partial charge on any atom is 0.330 e. The molecule has 0 amide bonds. The van der Waals surface area contributed by atoms with Crippen molar-refractivity contribution in [1.82, 2.24) is 4.98 Å². The Kier molecular flexibility index (Phi) is 13.9. The first kappa shape index (κ1) is 22.4. The van der Waals surface area contributed by atoms with Crippen LogP contribution < -0.4 is 0 Å². The van der Waals surface area contributed by atoms with Gasteiger partial charge in [-0.05, 0) is 44.6 Å². The van der Waals surface area contributed by atoms with Crippen molar-refractivity contribution in [1.29, 1.82) is 0 Å². The van der Waals surface area contributed by atoms with Crippen LogP contribution in [0.15, 0.2) is 85.3 Å². The first-order valence-electron chi connectivity index (χ1n) is 9.65. The third kappa shape index (κ3) is 14.2. The van der Waals surface area contributed by atoms with E-state index in [9.17, 15) is 4.79 Å². The Balaban J connectivity index is 2.01. The highest BCUT2D eigenvalue weighted by Crippen LogP contribution is 2.00. The number of unbranched alkanes of at least 4 members (excludes halogenated alkanes) is 1. The second-order valence-corrected chi connectivity index (χ2v) is 5.95. The summed E-state index contributed by atoms with van der Waals surface area (Å²) >= 11 is 0. The minimum atomic E-state index is -0.316. The molecule has 0 aliphatic rings. The number of carbonyl (C=O) groups excluding carboxylic acids is 1. The maximum absolute atomic E-state index is 11.6. The minimum absolute atomic E-state index is 0.258. The van der Waals surface area contributed by atoms with Crippen LogP contribution in [0.1, 0.15) is 51.0 Å².